The Kier molecular flexibility index (Phi) is 6.22. The average molecular weight is 497 g/mol. The quantitative estimate of drug-likeness (QED) is 0.530. The van der Waals surface area contributed by atoms with Crippen molar-refractivity contribution in [1.29, 1.82) is 0 Å². The van der Waals surface area contributed by atoms with Crippen molar-refractivity contribution in [3.05, 3.63) is 48.0 Å². The Balaban J connectivity index is 1.19. The van der Waals surface area contributed by atoms with Gasteiger partial charge in [0.25, 0.3) is 0 Å². The number of pyridine rings is 1. The molecule has 0 spiro atoms. The maximum absolute atomic E-state index is 12.4. The number of nitrogens with zero attached hydrogens (tertiary/aromatic N) is 6. The molecule has 0 bridgehead atoms. The fourth-order valence-corrected chi connectivity index (χ4v) is 4.89. The Bertz CT molecular complexity index is 1180. The number of carbonyl (C=O) groups is 1. The Morgan fingerprint density at radius 2 is 1.91 bits per heavy atom. The van der Waals surface area contributed by atoms with Gasteiger partial charge in [0, 0.05) is 25.3 Å². The van der Waals surface area contributed by atoms with Gasteiger partial charge in [0.1, 0.15) is 10.6 Å². The normalized spacial score (nSPS) is 21.6. The minimum Gasteiger partial charge on any atom is -0.444 e. The van der Waals surface area contributed by atoms with Crippen LogP contribution in [0.5, 0.6) is 0 Å². The Hall–Kier alpha value is -3.40. The zero-order valence-corrected chi connectivity index (χ0v) is 20.7. The number of carbonyl (C=O) groups excluding carboxylic acids is 1. The van der Waals surface area contributed by atoms with Crippen molar-refractivity contribution < 1.29 is 9.53 Å². The lowest BCUT2D eigenvalue weighted by Gasteiger charge is -2.25. The molecular formula is C24H29ClN8O2. The molecule has 2 fully saturated rings. The molecule has 1 saturated heterocycles. The van der Waals surface area contributed by atoms with Crippen LogP contribution >= 0.6 is 11.6 Å². The summed E-state index contributed by atoms with van der Waals surface area (Å²) < 4.78 is 7.21. The first-order chi connectivity index (χ1) is 16.7. The van der Waals surface area contributed by atoms with Gasteiger partial charge in [-0.25, -0.2) is 19.4 Å². The van der Waals surface area contributed by atoms with Gasteiger partial charge in [0.15, 0.2) is 11.6 Å². The highest BCUT2D eigenvalue weighted by molar-refractivity contribution is 6.32. The lowest BCUT2D eigenvalue weighted by molar-refractivity contribution is 0.0280. The van der Waals surface area contributed by atoms with Gasteiger partial charge in [-0.15, -0.1) is 0 Å². The number of amides is 1. The van der Waals surface area contributed by atoms with E-state index in [1.807, 2.05) is 50.1 Å². The number of hydrogen-bond acceptors (Lipinski definition) is 8. The minimum atomic E-state index is -0.481. The van der Waals surface area contributed by atoms with Crippen molar-refractivity contribution in [3.63, 3.8) is 0 Å². The molecule has 3 aromatic rings. The summed E-state index contributed by atoms with van der Waals surface area (Å²) in [5.74, 6) is 2.62. The second-order valence-electron chi connectivity index (χ2n) is 10.1. The molecule has 5 rings (SSSR count). The molecule has 184 valence electrons. The van der Waals surface area contributed by atoms with Gasteiger partial charge in [-0.2, -0.15) is 10.1 Å². The van der Waals surface area contributed by atoms with Crippen LogP contribution in [0.3, 0.4) is 0 Å². The maximum Gasteiger partial charge on any atom is 0.410 e. The van der Waals surface area contributed by atoms with E-state index in [-0.39, 0.29) is 12.1 Å². The summed E-state index contributed by atoms with van der Waals surface area (Å²) in [7, 11) is 0. The number of fused-ring (bicyclic) bond motifs is 1. The largest absolute Gasteiger partial charge is 0.444 e. The number of likely N-dealkylation sites (tertiary alicyclic amines) is 1. The van der Waals surface area contributed by atoms with Crippen LogP contribution in [-0.4, -0.2) is 60.5 Å². The zero-order valence-electron chi connectivity index (χ0n) is 20.0. The molecule has 10 nitrogen and oxygen atoms in total. The molecule has 3 aromatic heterocycles. The maximum atomic E-state index is 12.4. The van der Waals surface area contributed by atoms with Crippen LogP contribution in [0.2, 0.25) is 5.02 Å². The second kappa shape index (κ2) is 9.33. The van der Waals surface area contributed by atoms with Gasteiger partial charge < -0.3 is 20.3 Å². The van der Waals surface area contributed by atoms with Crippen LogP contribution in [0.25, 0.3) is 5.82 Å². The molecule has 1 aliphatic heterocycles. The Morgan fingerprint density at radius 1 is 1.14 bits per heavy atom. The molecule has 0 radical (unpaired) electrons. The molecule has 2 N–H and O–H groups in total. The van der Waals surface area contributed by atoms with Gasteiger partial charge in [0.05, 0.1) is 24.3 Å². The van der Waals surface area contributed by atoms with Crippen LogP contribution in [0.4, 0.5) is 22.2 Å². The molecule has 1 amide bonds. The molecule has 2 unspecified atom stereocenters. The third-order valence-electron chi connectivity index (χ3n) is 6.21. The fourth-order valence-electron chi connectivity index (χ4n) is 4.75. The van der Waals surface area contributed by atoms with E-state index < -0.39 is 5.60 Å². The summed E-state index contributed by atoms with van der Waals surface area (Å²) in [6.07, 6.45) is 8.49. The summed E-state index contributed by atoms with van der Waals surface area (Å²) in [4.78, 5) is 27.4. The predicted octanol–water partition coefficient (Wildman–Crippen LogP) is 4.51. The van der Waals surface area contributed by atoms with Gasteiger partial charge >= 0.3 is 6.09 Å². The first-order valence-electron chi connectivity index (χ1n) is 11.7. The van der Waals surface area contributed by atoms with Crippen LogP contribution in [0.15, 0.2) is 43.0 Å². The molecular weight excluding hydrogens is 468 g/mol. The first kappa shape index (κ1) is 23.3. The van der Waals surface area contributed by atoms with Crippen molar-refractivity contribution >= 4 is 35.1 Å². The standard InChI is InChI=1S/C24H29ClN8O2/c1-24(2,3)35-23(34)32-12-15-8-17(9-16(15)13-32)29-21-19(25)11-27-22(31-21)30-18-10-28-33(14-18)20-6-4-5-7-26-20/h4-7,10-11,14-17H,8-9,12-13H2,1-3H3,(H2,27,29,30,31). The highest BCUT2D eigenvalue weighted by atomic mass is 35.5. The average Bonchev–Trinajstić information content (AvgIpc) is 3.51. The fraction of sp³-hybridized carbons (Fsp3) is 0.458. The number of anilines is 3. The molecule has 4 heterocycles. The number of hydrogen-bond donors (Lipinski definition) is 2. The van der Waals surface area contributed by atoms with E-state index in [0.29, 0.717) is 28.6 Å². The van der Waals surface area contributed by atoms with Gasteiger partial charge in [-0.3, -0.25) is 0 Å². The monoisotopic (exact) mass is 496 g/mol. The van der Waals surface area contributed by atoms with Crippen molar-refractivity contribution in [3.8, 4) is 5.82 Å². The van der Waals surface area contributed by atoms with Crippen molar-refractivity contribution in [2.75, 3.05) is 23.7 Å². The third kappa shape index (κ3) is 5.48. The highest BCUT2D eigenvalue weighted by Crippen LogP contribution is 2.40. The number of halogens is 1. The first-order valence-corrected chi connectivity index (χ1v) is 12.1. The van der Waals surface area contributed by atoms with Gasteiger partial charge in [0.2, 0.25) is 5.95 Å². The van der Waals surface area contributed by atoms with Crippen molar-refractivity contribution in [2.45, 2.75) is 45.3 Å². The summed E-state index contributed by atoms with van der Waals surface area (Å²) >= 11 is 6.40. The minimum absolute atomic E-state index is 0.225. The van der Waals surface area contributed by atoms with E-state index >= 15 is 0 Å². The van der Waals surface area contributed by atoms with E-state index in [1.165, 1.54) is 0 Å². The second-order valence-corrected chi connectivity index (χ2v) is 10.5. The molecule has 35 heavy (non-hydrogen) atoms. The van der Waals surface area contributed by atoms with E-state index in [2.05, 4.69) is 30.7 Å². The zero-order chi connectivity index (χ0) is 24.6. The lowest BCUT2D eigenvalue weighted by atomic mass is 10.0. The molecule has 1 saturated carbocycles. The SMILES string of the molecule is CC(C)(C)OC(=O)N1CC2CC(Nc3nc(Nc4cnn(-c5ccccn5)c4)ncc3Cl)CC2C1. The van der Waals surface area contributed by atoms with E-state index in [0.717, 1.165) is 37.4 Å². The van der Waals surface area contributed by atoms with Gasteiger partial charge in [-0.05, 0) is 57.6 Å². The topological polar surface area (TPSA) is 110 Å². The number of nitrogens with one attached hydrogen (secondary N) is 2. The summed E-state index contributed by atoms with van der Waals surface area (Å²) in [5.41, 5.74) is 0.257. The predicted molar refractivity (Wildman–Crippen MR) is 133 cm³/mol. The third-order valence-corrected chi connectivity index (χ3v) is 6.49. The Morgan fingerprint density at radius 3 is 2.60 bits per heavy atom. The summed E-state index contributed by atoms with van der Waals surface area (Å²) in [6, 6.07) is 5.87. The summed E-state index contributed by atoms with van der Waals surface area (Å²) in [6.45, 7) is 7.12. The van der Waals surface area contributed by atoms with Crippen LogP contribution < -0.4 is 10.6 Å². The molecule has 11 heteroatoms. The van der Waals surface area contributed by atoms with Gasteiger partial charge in [-0.1, -0.05) is 17.7 Å². The number of aromatic nitrogens is 5. The van der Waals surface area contributed by atoms with Crippen molar-refractivity contribution in [2.24, 2.45) is 11.8 Å². The number of rotatable bonds is 5. The van der Waals surface area contributed by atoms with Crippen LogP contribution in [0, 0.1) is 11.8 Å². The van der Waals surface area contributed by atoms with Crippen LogP contribution in [0.1, 0.15) is 33.6 Å². The molecule has 1 aliphatic carbocycles. The Labute approximate surface area is 209 Å². The summed E-state index contributed by atoms with van der Waals surface area (Å²) in [5, 5.41) is 11.5. The smallest absolute Gasteiger partial charge is 0.410 e. The molecule has 2 aliphatic rings. The highest BCUT2D eigenvalue weighted by Gasteiger charge is 2.43. The molecule has 0 aromatic carbocycles. The van der Waals surface area contributed by atoms with Crippen LogP contribution in [-0.2, 0) is 4.74 Å². The number of ether oxygens (including phenoxy) is 1. The van der Waals surface area contributed by atoms with E-state index in [4.69, 9.17) is 16.3 Å². The van der Waals surface area contributed by atoms with Crippen molar-refractivity contribution in [1.82, 2.24) is 29.6 Å². The molecule has 2 atom stereocenters. The van der Waals surface area contributed by atoms with E-state index in [1.54, 1.807) is 23.3 Å². The van der Waals surface area contributed by atoms with E-state index in [9.17, 15) is 4.79 Å². The lowest BCUT2D eigenvalue weighted by Crippen LogP contribution is -2.36.